The third-order valence-corrected chi connectivity index (χ3v) is 6.59. The summed E-state index contributed by atoms with van der Waals surface area (Å²) >= 11 is 0. The molecule has 1 aliphatic rings. The third kappa shape index (κ3) is 5.32. The van der Waals surface area contributed by atoms with Crippen LogP contribution in [0, 0.1) is 17.0 Å². The van der Waals surface area contributed by atoms with Gasteiger partial charge in [-0.05, 0) is 44.5 Å². The fraction of sp³-hybridized carbons (Fsp3) is 0.375. The lowest BCUT2D eigenvalue weighted by molar-refractivity contribution is -0.153. The van der Waals surface area contributed by atoms with E-state index in [4.69, 9.17) is 0 Å². The van der Waals surface area contributed by atoms with Crippen molar-refractivity contribution in [3.8, 4) is 0 Å². The number of piperidine rings is 1. The van der Waals surface area contributed by atoms with Gasteiger partial charge in [0.1, 0.15) is 23.3 Å². The fourth-order valence-corrected chi connectivity index (χ4v) is 4.64. The highest BCUT2D eigenvalue weighted by Gasteiger charge is 2.45. The highest BCUT2D eigenvalue weighted by Crippen LogP contribution is 2.40. The minimum Gasteiger partial charge on any atom is -0.481 e. The Morgan fingerprint density at radius 3 is 2.67 bits per heavy atom. The standard InChI is InChI=1S/C24H24F5N5O2/c1-14-11-23(22(35)36,12-18-17(25)5-6-19(31-18)32-20-7-9-30-33-20)8-10-34(14)13-15-3-2-4-16(21(15)26)24(27,28)29/h2-7,9,14H,8,10-13H2,1H3,(H,35,36)(H2,30,31,32,33). The summed E-state index contributed by atoms with van der Waals surface area (Å²) in [5, 5.41) is 19.5. The number of likely N-dealkylation sites (tertiary alicyclic amines) is 1. The molecule has 7 nitrogen and oxygen atoms in total. The molecule has 12 heteroatoms. The topological polar surface area (TPSA) is 94.1 Å². The van der Waals surface area contributed by atoms with Crippen molar-refractivity contribution in [2.24, 2.45) is 5.41 Å². The van der Waals surface area contributed by atoms with E-state index in [9.17, 15) is 31.9 Å². The highest BCUT2D eigenvalue weighted by atomic mass is 19.4. The summed E-state index contributed by atoms with van der Waals surface area (Å²) in [5.41, 5.74) is -2.83. The van der Waals surface area contributed by atoms with E-state index in [-0.39, 0.29) is 43.6 Å². The predicted molar refractivity (Wildman–Crippen MR) is 120 cm³/mol. The summed E-state index contributed by atoms with van der Waals surface area (Å²) in [6, 6.07) is 6.97. The molecule has 0 bridgehead atoms. The van der Waals surface area contributed by atoms with Gasteiger partial charge < -0.3 is 10.4 Å². The Hall–Kier alpha value is -3.54. The Balaban J connectivity index is 1.52. The zero-order valence-corrected chi connectivity index (χ0v) is 19.2. The first kappa shape index (κ1) is 25.5. The zero-order valence-electron chi connectivity index (χ0n) is 19.2. The number of nitrogens with one attached hydrogen (secondary N) is 2. The maximum absolute atomic E-state index is 14.6. The predicted octanol–water partition coefficient (Wildman–Crippen LogP) is 5.14. The molecular weight excluding hydrogens is 485 g/mol. The molecule has 1 saturated heterocycles. The van der Waals surface area contributed by atoms with Gasteiger partial charge in [-0.1, -0.05) is 12.1 Å². The van der Waals surface area contributed by atoms with Gasteiger partial charge in [-0.3, -0.25) is 14.8 Å². The number of aliphatic carboxylic acids is 1. The van der Waals surface area contributed by atoms with Crippen LogP contribution in [0.4, 0.5) is 33.6 Å². The average Bonchev–Trinajstić information content (AvgIpc) is 3.31. The summed E-state index contributed by atoms with van der Waals surface area (Å²) in [4.78, 5) is 18.4. The van der Waals surface area contributed by atoms with E-state index in [1.165, 1.54) is 24.4 Å². The molecule has 2 aromatic heterocycles. The van der Waals surface area contributed by atoms with Crippen LogP contribution in [0.15, 0.2) is 42.6 Å². The molecule has 3 aromatic rings. The van der Waals surface area contributed by atoms with Gasteiger partial charge in [-0.2, -0.15) is 18.3 Å². The molecule has 0 spiro atoms. The van der Waals surface area contributed by atoms with Crippen molar-refractivity contribution in [3.63, 3.8) is 0 Å². The van der Waals surface area contributed by atoms with Crippen molar-refractivity contribution in [2.75, 3.05) is 11.9 Å². The van der Waals surface area contributed by atoms with E-state index < -0.39 is 40.8 Å². The van der Waals surface area contributed by atoms with Crippen LogP contribution in [0.25, 0.3) is 0 Å². The maximum Gasteiger partial charge on any atom is 0.419 e. The molecule has 1 fully saturated rings. The Kier molecular flexibility index (Phi) is 6.98. The highest BCUT2D eigenvalue weighted by molar-refractivity contribution is 5.75. The lowest BCUT2D eigenvalue weighted by Gasteiger charge is -2.43. The number of aromatic amines is 1. The van der Waals surface area contributed by atoms with Crippen LogP contribution in [0.1, 0.15) is 36.6 Å². The molecule has 2 unspecified atom stereocenters. The van der Waals surface area contributed by atoms with Crippen molar-refractivity contribution in [1.29, 1.82) is 0 Å². The second kappa shape index (κ2) is 9.84. The number of pyridine rings is 1. The number of hydrogen-bond acceptors (Lipinski definition) is 5. The Labute approximate surface area is 203 Å². The van der Waals surface area contributed by atoms with Gasteiger partial charge in [-0.25, -0.2) is 13.8 Å². The fourth-order valence-electron chi connectivity index (χ4n) is 4.64. The molecule has 0 radical (unpaired) electrons. The molecular formula is C24H24F5N5O2. The number of nitrogens with zero attached hydrogens (tertiary/aromatic N) is 3. The first-order valence-corrected chi connectivity index (χ1v) is 11.2. The van der Waals surface area contributed by atoms with Crippen LogP contribution < -0.4 is 5.32 Å². The summed E-state index contributed by atoms with van der Waals surface area (Å²) < 4.78 is 68.4. The van der Waals surface area contributed by atoms with E-state index >= 15 is 0 Å². The number of alkyl halides is 3. The first-order valence-electron chi connectivity index (χ1n) is 11.2. The number of halogens is 5. The minimum atomic E-state index is -4.82. The number of aromatic nitrogens is 3. The molecule has 192 valence electrons. The Morgan fingerprint density at radius 1 is 1.25 bits per heavy atom. The van der Waals surface area contributed by atoms with Crippen LogP contribution in [0.2, 0.25) is 0 Å². The smallest absolute Gasteiger partial charge is 0.419 e. The number of carboxylic acid groups (broad SMARTS) is 1. The van der Waals surface area contributed by atoms with Crippen molar-refractivity contribution < 1.29 is 31.9 Å². The van der Waals surface area contributed by atoms with Gasteiger partial charge in [0.2, 0.25) is 0 Å². The van der Waals surface area contributed by atoms with E-state index in [0.29, 0.717) is 17.7 Å². The second-order valence-corrected chi connectivity index (χ2v) is 9.03. The Morgan fingerprint density at radius 2 is 2.03 bits per heavy atom. The Bertz CT molecular complexity index is 1230. The lowest BCUT2D eigenvalue weighted by Crippen LogP contribution is -2.50. The lowest BCUT2D eigenvalue weighted by atomic mass is 9.72. The average molecular weight is 509 g/mol. The van der Waals surface area contributed by atoms with Crippen LogP contribution in [-0.4, -0.2) is 43.7 Å². The zero-order chi connectivity index (χ0) is 26.1. The van der Waals surface area contributed by atoms with Gasteiger partial charge in [0.25, 0.3) is 0 Å². The van der Waals surface area contributed by atoms with Crippen LogP contribution >= 0.6 is 0 Å². The summed E-state index contributed by atoms with van der Waals surface area (Å²) in [7, 11) is 0. The molecule has 1 aliphatic heterocycles. The van der Waals surface area contributed by atoms with Gasteiger partial charge in [0.15, 0.2) is 0 Å². The van der Waals surface area contributed by atoms with E-state index in [1.54, 1.807) is 17.9 Å². The second-order valence-electron chi connectivity index (χ2n) is 9.03. The molecule has 4 rings (SSSR count). The first-order chi connectivity index (χ1) is 17.0. The molecule has 0 amide bonds. The number of H-pyrrole nitrogens is 1. The third-order valence-electron chi connectivity index (χ3n) is 6.59. The van der Waals surface area contributed by atoms with Crippen LogP contribution in [-0.2, 0) is 23.9 Å². The van der Waals surface area contributed by atoms with E-state index in [0.717, 1.165) is 6.07 Å². The molecule has 1 aromatic carbocycles. The number of carbonyl (C=O) groups is 1. The number of anilines is 2. The van der Waals surface area contributed by atoms with Gasteiger partial charge >= 0.3 is 12.1 Å². The number of carboxylic acids is 1. The number of benzene rings is 1. The molecule has 0 saturated carbocycles. The van der Waals surface area contributed by atoms with Gasteiger partial charge in [-0.15, -0.1) is 0 Å². The minimum absolute atomic E-state index is 0.0218. The van der Waals surface area contributed by atoms with Crippen molar-refractivity contribution in [2.45, 2.75) is 44.9 Å². The maximum atomic E-state index is 14.6. The van der Waals surface area contributed by atoms with Crippen LogP contribution in [0.5, 0.6) is 0 Å². The summed E-state index contributed by atoms with van der Waals surface area (Å²) in [6.07, 6.45) is -3.30. The molecule has 3 N–H and O–H groups in total. The molecule has 36 heavy (non-hydrogen) atoms. The normalized spacial score (nSPS) is 20.9. The van der Waals surface area contributed by atoms with E-state index in [2.05, 4.69) is 20.5 Å². The molecule has 3 heterocycles. The van der Waals surface area contributed by atoms with Crippen molar-refractivity contribution >= 4 is 17.6 Å². The number of hydrogen-bond donors (Lipinski definition) is 3. The van der Waals surface area contributed by atoms with E-state index in [1.807, 2.05) is 0 Å². The molecule has 2 atom stereocenters. The van der Waals surface area contributed by atoms with Gasteiger partial charge in [0, 0.05) is 30.6 Å². The molecule has 0 aliphatic carbocycles. The van der Waals surface area contributed by atoms with Gasteiger partial charge in [0.05, 0.1) is 22.9 Å². The SMILES string of the molecule is CC1CC(Cc2nc(Nc3ccn[nH]3)ccc2F)(C(=O)O)CCN1Cc1cccc(C(F)(F)F)c1F. The summed E-state index contributed by atoms with van der Waals surface area (Å²) in [6.45, 7) is 1.79. The quantitative estimate of drug-likeness (QED) is 0.382. The van der Waals surface area contributed by atoms with Crippen molar-refractivity contribution in [1.82, 2.24) is 20.1 Å². The van der Waals surface area contributed by atoms with Crippen LogP contribution in [0.3, 0.4) is 0 Å². The monoisotopic (exact) mass is 509 g/mol. The largest absolute Gasteiger partial charge is 0.481 e. The number of rotatable bonds is 7. The van der Waals surface area contributed by atoms with Crippen molar-refractivity contribution in [3.05, 3.63) is 71.1 Å². The summed E-state index contributed by atoms with van der Waals surface area (Å²) in [5.74, 6) is -2.27.